The molecule has 1 aliphatic rings. The Morgan fingerprint density at radius 2 is 2.12 bits per heavy atom. The van der Waals surface area contributed by atoms with E-state index >= 15 is 0 Å². The van der Waals surface area contributed by atoms with E-state index in [1.807, 2.05) is 35.8 Å². The van der Waals surface area contributed by atoms with Gasteiger partial charge in [-0.2, -0.15) is 0 Å². The molecule has 4 rings (SSSR count). The van der Waals surface area contributed by atoms with Crippen molar-refractivity contribution >= 4 is 16.9 Å². The molecule has 8 nitrogen and oxygen atoms in total. The van der Waals surface area contributed by atoms with E-state index in [1.54, 1.807) is 11.8 Å². The molecule has 0 N–H and O–H groups in total. The Morgan fingerprint density at radius 3 is 2.92 bits per heavy atom. The summed E-state index contributed by atoms with van der Waals surface area (Å²) >= 11 is 0. The molecule has 1 saturated heterocycles. The van der Waals surface area contributed by atoms with Gasteiger partial charge in [-0.1, -0.05) is 12.1 Å². The minimum Gasteiger partial charge on any atom is -0.423 e. The molecule has 3 heterocycles. The van der Waals surface area contributed by atoms with Gasteiger partial charge >= 0.3 is 0 Å². The fraction of sp³-hybridized carbons (Fsp3) is 0.412. The van der Waals surface area contributed by atoms with Crippen molar-refractivity contribution in [1.82, 2.24) is 24.6 Å². The molecule has 1 atom stereocenters. The predicted octanol–water partition coefficient (Wildman–Crippen LogP) is 1.64. The molecular weight excluding hydrogens is 322 g/mol. The quantitative estimate of drug-likeness (QED) is 0.720. The molecule has 1 unspecified atom stereocenters. The van der Waals surface area contributed by atoms with Crippen LogP contribution in [0.15, 0.2) is 28.7 Å². The summed E-state index contributed by atoms with van der Waals surface area (Å²) in [6.07, 6.45) is -0.375. The van der Waals surface area contributed by atoms with E-state index in [-0.39, 0.29) is 18.6 Å². The van der Waals surface area contributed by atoms with Gasteiger partial charge in [0.05, 0.1) is 24.2 Å². The van der Waals surface area contributed by atoms with Crippen LogP contribution in [-0.4, -0.2) is 50.3 Å². The SMILES string of the molecule is Cc1nnc(C2CN(C(=O)Cn3c(C)nc4ccccc43)CCO2)o1. The highest BCUT2D eigenvalue weighted by Gasteiger charge is 2.29. The topological polar surface area (TPSA) is 86.3 Å². The number of carbonyl (C=O) groups excluding carboxylic acids is 1. The van der Waals surface area contributed by atoms with Gasteiger partial charge < -0.3 is 18.6 Å². The maximum absolute atomic E-state index is 12.8. The number of hydrogen-bond donors (Lipinski definition) is 0. The lowest BCUT2D eigenvalue weighted by Gasteiger charge is -2.31. The van der Waals surface area contributed by atoms with Gasteiger partial charge in [0.25, 0.3) is 0 Å². The molecule has 2 aromatic heterocycles. The Hall–Kier alpha value is -2.74. The Balaban J connectivity index is 1.51. The Morgan fingerprint density at radius 1 is 1.28 bits per heavy atom. The highest BCUT2D eigenvalue weighted by Crippen LogP contribution is 2.22. The third kappa shape index (κ3) is 3.00. The van der Waals surface area contributed by atoms with Gasteiger partial charge in [0.2, 0.25) is 17.7 Å². The third-order valence-electron chi connectivity index (χ3n) is 4.38. The predicted molar refractivity (Wildman–Crippen MR) is 88.8 cm³/mol. The van der Waals surface area contributed by atoms with Crippen LogP contribution in [0.2, 0.25) is 0 Å². The third-order valence-corrected chi connectivity index (χ3v) is 4.38. The van der Waals surface area contributed by atoms with Gasteiger partial charge in [-0.05, 0) is 19.1 Å². The van der Waals surface area contributed by atoms with Crippen molar-refractivity contribution in [2.24, 2.45) is 0 Å². The second kappa shape index (κ2) is 6.29. The first kappa shape index (κ1) is 15.8. The summed E-state index contributed by atoms with van der Waals surface area (Å²) in [6.45, 7) is 5.30. The van der Waals surface area contributed by atoms with E-state index in [4.69, 9.17) is 9.15 Å². The minimum atomic E-state index is -0.375. The number of para-hydroxylation sites is 2. The van der Waals surface area contributed by atoms with Crippen LogP contribution in [0.3, 0.4) is 0 Å². The number of aryl methyl sites for hydroxylation is 2. The smallest absolute Gasteiger partial charge is 0.246 e. The van der Waals surface area contributed by atoms with Crippen LogP contribution >= 0.6 is 0 Å². The lowest BCUT2D eigenvalue weighted by Crippen LogP contribution is -2.43. The van der Waals surface area contributed by atoms with Crippen LogP contribution in [0.5, 0.6) is 0 Å². The maximum Gasteiger partial charge on any atom is 0.246 e. The zero-order valence-corrected chi connectivity index (χ0v) is 14.2. The summed E-state index contributed by atoms with van der Waals surface area (Å²) in [7, 11) is 0. The highest BCUT2D eigenvalue weighted by molar-refractivity contribution is 5.81. The lowest BCUT2D eigenvalue weighted by molar-refractivity contribution is -0.140. The molecule has 25 heavy (non-hydrogen) atoms. The van der Waals surface area contributed by atoms with Crippen LogP contribution in [-0.2, 0) is 16.1 Å². The average Bonchev–Trinajstić information content (AvgIpc) is 3.19. The maximum atomic E-state index is 12.8. The number of fused-ring (bicyclic) bond motifs is 1. The molecule has 1 aliphatic heterocycles. The van der Waals surface area contributed by atoms with Crippen LogP contribution < -0.4 is 0 Å². The summed E-state index contributed by atoms with van der Waals surface area (Å²) in [4.78, 5) is 19.1. The fourth-order valence-electron chi connectivity index (χ4n) is 3.10. The highest BCUT2D eigenvalue weighted by atomic mass is 16.5. The largest absolute Gasteiger partial charge is 0.423 e. The van der Waals surface area contributed by atoms with Crippen molar-refractivity contribution in [3.05, 3.63) is 41.9 Å². The summed E-state index contributed by atoms with van der Waals surface area (Å²) in [6, 6.07) is 7.82. The molecule has 1 fully saturated rings. The Bertz CT molecular complexity index is 916. The Labute approximate surface area is 144 Å². The normalized spacial score (nSPS) is 18.0. The standard InChI is InChI=1S/C17H19N5O3/c1-11-18-13-5-3-4-6-14(13)22(11)10-16(23)21-7-8-24-15(9-21)17-20-19-12(2)25-17/h3-6,15H,7-10H2,1-2H3. The monoisotopic (exact) mass is 341 g/mol. The van der Waals surface area contributed by atoms with Gasteiger partial charge in [-0.15, -0.1) is 10.2 Å². The van der Waals surface area contributed by atoms with Crippen LogP contribution in [0.1, 0.15) is 23.7 Å². The van der Waals surface area contributed by atoms with Crippen molar-refractivity contribution in [3.63, 3.8) is 0 Å². The van der Waals surface area contributed by atoms with Crippen LogP contribution in [0.25, 0.3) is 11.0 Å². The van der Waals surface area contributed by atoms with E-state index in [0.29, 0.717) is 31.5 Å². The van der Waals surface area contributed by atoms with Gasteiger partial charge in [-0.3, -0.25) is 4.79 Å². The molecular formula is C17H19N5O3. The zero-order chi connectivity index (χ0) is 17.4. The Kier molecular flexibility index (Phi) is 3.96. The molecule has 0 spiro atoms. The number of imidazole rings is 1. The van der Waals surface area contributed by atoms with Crippen molar-refractivity contribution in [2.45, 2.75) is 26.5 Å². The van der Waals surface area contributed by atoms with E-state index in [2.05, 4.69) is 15.2 Å². The number of nitrogens with zero attached hydrogens (tertiary/aromatic N) is 5. The molecule has 1 amide bonds. The van der Waals surface area contributed by atoms with E-state index in [0.717, 1.165) is 16.9 Å². The first-order chi connectivity index (χ1) is 12.1. The van der Waals surface area contributed by atoms with Crippen molar-refractivity contribution < 1.29 is 13.9 Å². The second-order valence-corrected chi connectivity index (χ2v) is 6.09. The minimum absolute atomic E-state index is 0.0239. The van der Waals surface area contributed by atoms with Crippen molar-refractivity contribution in [1.29, 1.82) is 0 Å². The van der Waals surface area contributed by atoms with Gasteiger partial charge in [0, 0.05) is 13.5 Å². The summed E-state index contributed by atoms with van der Waals surface area (Å²) in [5, 5.41) is 7.82. The summed E-state index contributed by atoms with van der Waals surface area (Å²) < 4.78 is 13.1. The molecule has 0 aliphatic carbocycles. The number of aromatic nitrogens is 4. The number of benzene rings is 1. The van der Waals surface area contributed by atoms with Crippen molar-refractivity contribution in [3.8, 4) is 0 Å². The van der Waals surface area contributed by atoms with E-state index in [9.17, 15) is 4.79 Å². The first-order valence-corrected chi connectivity index (χ1v) is 8.23. The van der Waals surface area contributed by atoms with Crippen LogP contribution in [0, 0.1) is 13.8 Å². The molecule has 130 valence electrons. The fourth-order valence-corrected chi connectivity index (χ4v) is 3.10. The summed E-state index contributed by atoms with van der Waals surface area (Å²) in [5.41, 5.74) is 1.86. The number of amides is 1. The average molecular weight is 341 g/mol. The van der Waals surface area contributed by atoms with Crippen molar-refractivity contribution in [2.75, 3.05) is 19.7 Å². The van der Waals surface area contributed by atoms with E-state index in [1.165, 1.54) is 0 Å². The van der Waals surface area contributed by atoms with Crippen LogP contribution in [0.4, 0.5) is 0 Å². The number of carbonyl (C=O) groups is 1. The molecule has 1 aromatic carbocycles. The number of rotatable bonds is 3. The van der Waals surface area contributed by atoms with Gasteiger partial charge in [0.1, 0.15) is 12.4 Å². The zero-order valence-electron chi connectivity index (χ0n) is 14.2. The number of hydrogen-bond acceptors (Lipinski definition) is 6. The first-order valence-electron chi connectivity index (χ1n) is 8.23. The molecule has 8 heteroatoms. The van der Waals surface area contributed by atoms with Gasteiger partial charge in [0.15, 0.2) is 6.10 Å². The van der Waals surface area contributed by atoms with E-state index < -0.39 is 0 Å². The number of ether oxygens (including phenoxy) is 1. The molecule has 0 radical (unpaired) electrons. The number of morpholine rings is 1. The molecule has 0 saturated carbocycles. The van der Waals surface area contributed by atoms with Gasteiger partial charge in [-0.25, -0.2) is 4.98 Å². The lowest BCUT2D eigenvalue weighted by atomic mass is 10.2. The second-order valence-electron chi connectivity index (χ2n) is 6.09. The summed E-state index contributed by atoms with van der Waals surface area (Å²) in [5.74, 6) is 1.75. The molecule has 0 bridgehead atoms. The molecule has 3 aromatic rings.